The molecule has 0 saturated carbocycles. The van der Waals surface area contributed by atoms with E-state index in [9.17, 15) is 0 Å². The molecule has 1 aliphatic rings. The molecule has 0 aromatic carbocycles. The van der Waals surface area contributed by atoms with Crippen LogP contribution >= 0.6 is 22.6 Å². The normalized spacial score (nSPS) is 38.0. The molecule has 1 aliphatic carbocycles. The predicted octanol–water partition coefficient (Wildman–Crippen LogP) is 3.41. The number of allylic oxidation sites excluding steroid dienone is 2. The number of alkyl halides is 1. The third-order valence-electron chi connectivity index (χ3n) is 2.24. The summed E-state index contributed by atoms with van der Waals surface area (Å²) < 4.78 is 0.810. The standard InChI is InChI=1S/C9H15I/c1-7-4-5-9(2,3)8(10)6-7/h4-5,7-8H,6H2,1-3H3/t7?,8-/m1/s1. The minimum Gasteiger partial charge on any atom is -0.0851 e. The first-order chi connectivity index (χ1) is 4.52. The first kappa shape index (κ1) is 8.57. The average Bonchev–Trinajstić information content (AvgIpc) is 1.81. The molecule has 1 heteroatoms. The first-order valence-corrected chi connectivity index (χ1v) is 5.10. The van der Waals surface area contributed by atoms with E-state index in [2.05, 4.69) is 55.5 Å². The fraction of sp³-hybridized carbons (Fsp3) is 0.778. The molecule has 0 saturated heterocycles. The highest BCUT2D eigenvalue weighted by molar-refractivity contribution is 14.1. The van der Waals surface area contributed by atoms with Gasteiger partial charge in [-0.15, -0.1) is 0 Å². The molecule has 0 heterocycles. The highest BCUT2D eigenvalue weighted by Gasteiger charge is 2.28. The van der Waals surface area contributed by atoms with E-state index in [4.69, 9.17) is 0 Å². The third kappa shape index (κ3) is 1.74. The second-order valence-corrected chi connectivity index (χ2v) is 5.36. The van der Waals surface area contributed by atoms with E-state index in [1.54, 1.807) is 0 Å². The molecule has 0 bridgehead atoms. The van der Waals surface area contributed by atoms with Crippen molar-refractivity contribution in [2.24, 2.45) is 11.3 Å². The van der Waals surface area contributed by atoms with Crippen LogP contribution in [0.25, 0.3) is 0 Å². The van der Waals surface area contributed by atoms with Crippen molar-refractivity contribution in [3.05, 3.63) is 12.2 Å². The maximum absolute atomic E-state index is 2.56. The van der Waals surface area contributed by atoms with E-state index >= 15 is 0 Å². The van der Waals surface area contributed by atoms with Gasteiger partial charge in [0.2, 0.25) is 0 Å². The molecule has 0 nitrogen and oxygen atoms in total. The summed E-state index contributed by atoms with van der Waals surface area (Å²) in [6.07, 6.45) is 6.04. The van der Waals surface area contributed by atoms with E-state index < -0.39 is 0 Å². The van der Waals surface area contributed by atoms with Crippen LogP contribution in [0.3, 0.4) is 0 Å². The molecule has 1 unspecified atom stereocenters. The summed E-state index contributed by atoms with van der Waals surface area (Å²) in [6.45, 7) is 6.91. The van der Waals surface area contributed by atoms with Crippen LogP contribution in [-0.4, -0.2) is 3.92 Å². The van der Waals surface area contributed by atoms with Crippen LogP contribution in [0.4, 0.5) is 0 Å². The lowest BCUT2D eigenvalue weighted by molar-refractivity contribution is 0.398. The number of hydrogen-bond acceptors (Lipinski definition) is 0. The van der Waals surface area contributed by atoms with Gasteiger partial charge in [-0.1, -0.05) is 55.5 Å². The van der Waals surface area contributed by atoms with Crippen LogP contribution in [0, 0.1) is 11.3 Å². The minimum atomic E-state index is 0.424. The molecule has 0 aromatic rings. The molecular weight excluding hydrogens is 235 g/mol. The van der Waals surface area contributed by atoms with Crippen molar-refractivity contribution < 1.29 is 0 Å². The fourth-order valence-electron chi connectivity index (χ4n) is 1.23. The monoisotopic (exact) mass is 250 g/mol. The second kappa shape index (κ2) is 2.84. The van der Waals surface area contributed by atoms with Gasteiger partial charge in [0, 0.05) is 3.92 Å². The van der Waals surface area contributed by atoms with Gasteiger partial charge in [-0.05, 0) is 17.8 Å². The predicted molar refractivity (Wildman–Crippen MR) is 54.5 cm³/mol. The van der Waals surface area contributed by atoms with Crippen molar-refractivity contribution in [3.63, 3.8) is 0 Å². The fourth-order valence-corrected chi connectivity index (χ4v) is 2.24. The van der Waals surface area contributed by atoms with Gasteiger partial charge in [0.25, 0.3) is 0 Å². The van der Waals surface area contributed by atoms with Crippen molar-refractivity contribution in [3.8, 4) is 0 Å². The van der Waals surface area contributed by atoms with E-state index in [1.165, 1.54) is 6.42 Å². The molecule has 0 amide bonds. The first-order valence-electron chi connectivity index (χ1n) is 3.86. The molecular formula is C9H15I. The molecule has 0 aromatic heterocycles. The van der Waals surface area contributed by atoms with Crippen molar-refractivity contribution in [1.82, 2.24) is 0 Å². The van der Waals surface area contributed by atoms with E-state index in [0.29, 0.717) is 5.41 Å². The maximum atomic E-state index is 2.56. The molecule has 1 rings (SSSR count). The zero-order chi connectivity index (χ0) is 7.78. The Hall–Kier alpha value is 0.470. The quantitative estimate of drug-likeness (QED) is 0.351. The number of hydrogen-bond donors (Lipinski definition) is 0. The smallest absolute Gasteiger partial charge is 0.0201 e. The molecule has 0 N–H and O–H groups in total. The zero-order valence-electron chi connectivity index (χ0n) is 6.89. The Labute approximate surface area is 77.2 Å². The average molecular weight is 250 g/mol. The van der Waals surface area contributed by atoms with Gasteiger partial charge in [0.05, 0.1) is 0 Å². The second-order valence-electron chi connectivity index (χ2n) is 3.86. The summed E-state index contributed by atoms with van der Waals surface area (Å²) >= 11 is 2.56. The van der Waals surface area contributed by atoms with Crippen LogP contribution in [0.1, 0.15) is 27.2 Å². The van der Waals surface area contributed by atoms with Gasteiger partial charge in [0.1, 0.15) is 0 Å². The molecule has 0 fully saturated rings. The van der Waals surface area contributed by atoms with Crippen LogP contribution in [0.15, 0.2) is 12.2 Å². The molecule has 0 spiro atoms. The number of rotatable bonds is 0. The lowest BCUT2D eigenvalue weighted by Crippen LogP contribution is -2.26. The van der Waals surface area contributed by atoms with Crippen molar-refractivity contribution in [2.75, 3.05) is 0 Å². The Bertz CT molecular complexity index is 147. The summed E-state index contributed by atoms with van der Waals surface area (Å²) in [5, 5.41) is 0. The summed E-state index contributed by atoms with van der Waals surface area (Å²) in [7, 11) is 0. The number of halogens is 1. The molecule has 0 radical (unpaired) electrons. The van der Waals surface area contributed by atoms with E-state index in [1.807, 2.05) is 0 Å². The van der Waals surface area contributed by atoms with Gasteiger partial charge in [-0.25, -0.2) is 0 Å². The van der Waals surface area contributed by atoms with E-state index in [0.717, 1.165) is 9.84 Å². The summed E-state index contributed by atoms with van der Waals surface area (Å²) in [4.78, 5) is 0. The molecule has 2 atom stereocenters. The highest BCUT2D eigenvalue weighted by Crippen LogP contribution is 2.37. The Morgan fingerprint density at radius 2 is 2.10 bits per heavy atom. The van der Waals surface area contributed by atoms with Crippen LogP contribution in [0.2, 0.25) is 0 Å². The molecule has 0 aliphatic heterocycles. The Morgan fingerprint density at radius 3 is 2.50 bits per heavy atom. The van der Waals surface area contributed by atoms with Gasteiger partial charge < -0.3 is 0 Å². The maximum Gasteiger partial charge on any atom is 0.0201 e. The SMILES string of the molecule is CC1C=CC(C)(C)[C@H](I)C1. The largest absolute Gasteiger partial charge is 0.0851 e. The van der Waals surface area contributed by atoms with Gasteiger partial charge in [-0.2, -0.15) is 0 Å². The zero-order valence-corrected chi connectivity index (χ0v) is 9.05. The van der Waals surface area contributed by atoms with Gasteiger partial charge >= 0.3 is 0 Å². The molecule has 58 valence electrons. The topological polar surface area (TPSA) is 0 Å². The highest BCUT2D eigenvalue weighted by atomic mass is 127. The summed E-state index contributed by atoms with van der Waals surface area (Å²) in [6, 6.07) is 0. The molecule has 10 heavy (non-hydrogen) atoms. The van der Waals surface area contributed by atoms with Crippen molar-refractivity contribution in [1.29, 1.82) is 0 Å². The van der Waals surface area contributed by atoms with Crippen molar-refractivity contribution in [2.45, 2.75) is 31.1 Å². The van der Waals surface area contributed by atoms with Crippen molar-refractivity contribution >= 4 is 22.6 Å². The van der Waals surface area contributed by atoms with Crippen LogP contribution in [-0.2, 0) is 0 Å². The third-order valence-corrected chi connectivity index (χ3v) is 4.35. The van der Waals surface area contributed by atoms with Crippen LogP contribution in [0.5, 0.6) is 0 Å². The van der Waals surface area contributed by atoms with E-state index in [-0.39, 0.29) is 0 Å². The Balaban J connectivity index is 2.72. The lowest BCUT2D eigenvalue weighted by Gasteiger charge is -2.32. The lowest BCUT2D eigenvalue weighted by atomic mass is 9.79. The Morgan fingerprint density at radius 1 is 1.50 bits per heavy atom. The minimum absolute atomic E-state index is 0.424. The van der Waals surface area contributed by atoms with Gasteiger partial charge in [-0.3, -0.25) is 0 Å². The Kier molecular flexibility index (Phi) is 2.43. The van der Waals surface area contributed by atoms with Crippen LogP contribution < -0.4 is 0 Å². The summed E-state index contributed by atoms with van der Waals surface area (Å²) in [5.41, 5.74) is 0.424. The summed E-state index contributed by atoms with van der Waals surface area (Å²) in [5.74, 6) is 0.787. The van der Waals surface area contributed by atoms with Gasteiger partial charge in [0.15, 0.2) is 0 Å².